The largest absolute Gasteiger partial charge is 0.385 e. The highest BCUT2D eigenvalue weighted by molar-refractivity contribution is 7.99. The van der Waals surface area contributed by atoms with Crippen LogP contribution in [-0.4, -0.2) is 30.8 Å². The molecule has 0 fully saturated rings. The van der Waals surface area contributed by atoms with Gasteiger partial charge in [0.25, 0.3) is 0 Å². The van der Waals surface area contributed by atoms with Crippen molar-refractivity contribution in [3.8, 4) is 0 Å². The van der Waals surface area contributed by atoms with E-state index in [1.165, 1.54) is 6.42 Å². The SMILES string of the molecule is CCC(C)SCC(NN)C(C)CCOC. The van der Waals surface area contributed by atoms with Crippen molar-refractivity contribution in [1.82, 2.24) is 5.43 Å². The fourth-order valence-electron chi connectivity index (χ4n) is 1.27. The van der Waals surface area contributed by atoms with Gasteiger partial charge in [0.05, 0.1) is 0 Å². The summed E-state index contributed by atoms with van der Waals surface area (Å²) in [6.45, 7) is 7.52. The van der Waals surface area contributed by atoms with Crippen molar-refractivity contribution in [2.24, 2.45) is 11.8 Å². The van der Waals surface area contributed by atoms with Gasteiger partial charge in [-0.2, -0.15) is 11.8 Å². The summed E-state index contributed by atoms with van der Waals surface area (Å²) < 4.78 is 5.08. The fraction of sp³-hybridized carbons (Fsp3) is 1.00. The van der Waals surface area contributed by atoms with Crippen molar-refractivity contribution < 1.29 is 4.74 Å². The van der Waals surface area contributed by atoms with E-state index in [1.807, 2.05) is 11.8 Å². The molecular weight excluding hydrogens is 208 g/mol. The van der Waals surface area contributed by atoms with E-state index in [9.17, 15) is 0 Å². The predicted octanol–water partition coefficient (Wildman–Crippen LogP) is 2.02. The second-order valence-electron chi connectivity index (χ2n) is 4.08. The van der Waals surface area contributed by atoms with Crippen LogP contribution in [0.2, 0.25) is 0 Å². The van der Waals surface area contributed by atoms with E-state index in [2.05, 4.69) is 26.2 Å². The first-order valence-corrected chi connectivity index (χ1v) is 6.77. The molecule has 0 aliphatic heterocycles. The summed E-state index contributed by atoms with van der Waals surface area (Å²) in [6.07, 6.45) is 2.28. The Morgan fingerprint density at radius 2 is 2.07 bits per heavy atom. The molecule has 0 aromatic rings. The van der Waals surface area contributed by atoms with Crippen LogP contribution in [0.1, 0.15) is 33.6 Å². The highest BCUT2D eigenvalue weighted by atomic mass is 32.2. The average molecular weight is 234 g/mol. The average Bonchev–Trinajstić information content (AvgIpc) is 2.26. The van der Waals surface area contributed by atoms with Gasteiger partial charge in [-0.3, -0.25) is 11.3 Å². The van der Waals surface area contributed by atoms with Gasteiger partial charge in [0.15, 0.2) is 0 Å². The molecule has 0 amide bonds. The Morgan fingerprint density at radius 1 is 1.40 bits per heavy atom. The standard InChI is InChI=1S/C11H26N2OS/c1-5-10(3)15-8-11(13-12)9(2)6-7-14-4/h9-11,13H,5-8,12H2,1-4H3. The summed E-state index contributed by atoms with van der Waals surface area (Å²) in [4.78, 5) is 0. The number of methoxy groups -OCH3 is 1. The summed E-state index contributed by atoms with van der Waals surface area (Å²) in [6, 6.07) is 0.388. The summed E-state index contributed by atoms with van der Waals surface area (Å²) in [7, 11) is 1.74. The lowest BCUT2D eigenvalue weighted by molar-refractivity contribution is 0.172. The molecule has 0 heterocycles. The lowest BCUT2D eigenvalue weighted by Gasteiger charge is -2.23. The van der Waals surface area contributed by atoms with Gasteiger partial charge in [0.1, 0.15) is 0 Å². The van der Waals surface area contributed by atoms with Crippen molar-refractivity contribution in [1.29, 1.82) is 0 Å². The van der Waals surface area contributed by atoms with E-state index in [-0.39, 0.29) is 0 Å². The lowest BCUT2D eigenvalue weighted by atomic mass is 10.0. The fourth-order valence-corrected chi connectivity index (χ4v) is 2.46. The molecule has 4 heteroatoms. The first-order chi connectivity index (χ1) is 7.15. The van der Waals surface area contributed by atoms with Crippen LogP contribution in [0, 0.1) is 5.92 Å². The van der Waals surface area contributed by atoms with Crippen LogP contribution in [0.25, 0.3) is 0 Å². The maximum Gasteiger partial charge on any atom is 0.0465 e. The molecule has 3 unspecified atom stereocenters. The van der Waals surface area contributed by atoms with Gasteiger partial charge >= 0.3 is 0 Å². The molecule has 15 heavy (non-hydrogen) atoms. The maximum absolute atomic E-state index is 5.57. The van der Waals surface area contributed by atoms with Gasteiger partial charge < -0.3 is 4.74 Å². The molecule has 0 saturated heterocycles. The van der Waals surface area contributed by atoms with Crippen LogP contribution in [0.5, 0.6) is 0 Å². The zero-order valence-corrected chi connectivity index (χ0v) is 11.3. The minimum atomic E-state index is 0.388. The molecule has 3 nitrogen and oxygen atoms in total. The van der Waals surface area contributed by atoms with Crippen molar-refractivity contribution in [3.05, 3.63) is 0 Å². The molecule has 0 aliphatic rings. The molecule has 0 bridgehead atoms. The third kappa shape index (κ3) is 7.17. The van der Waals surface area contributed by atoms with E-state index < -0.39 is 0 Å². The first-order valence-electron chi connectivity index (χ1n) is 5.72. The van der Waals surface area contributed by atoms with E-state index in [4.69, 9.17) is 10.6 Å². The van der Waals surface area contributed by atoms with Crippen LogP contribution in [0.4, 0.5) is 0 Å². The van der Waals surface area contributed by atoms with E-state index in [0.29, 0.717) is 12.0 Å². The third-order valence-corrected chi connectivity index (χ3v) is 4.27. The molecule has 0 saturated carbocycles. The van der Waals surface area contributed by atoms with Crippen LogP contribution in [-0.2, 0) is 4.74 Å². The summed E-state index contributed by atoms with van der Waals surface area (Å²) in [5.41, 5.74) is 2.91. The normalized spacial score (nSPS) is 17.4. The first kappa shape index (κ1) is 15.2. The Kier molecular flexibility index (Phi) is 9.60. The van der Waals surface area contributed by atoms with Gasteiger partial charge in [0, 0.05) is 30.8 Å². The quantitative estimate of drug-likeness (QED) is 0.473. The predicted molar refractivity (Wildman–Crippen MR) is 69.0 cm³/mol. The highest BCUT2D eigenvalue weighted by Crippen LogP contribution is 2.18. The zero-order valence-electron chi connectivity index (χ0n) is 10.5. The van der Waals surface area contributed by atoms with Crippen LogP contribution in [0.3, 0.4) is 0 Å². The number of nitrogens with one attached hydrogen (secondary N) is 1. The summed E-state index contributed by atoms with van der Waals surface area (Å²) >= 11 is 1.99. The Balaban J connectivity index is 3.79. The molecule has 0 aromatic heterocycles. The van der Waals surface area contributed by atoms with Gasteiger partial charge in [-0.15, -0.1) is 0 Å². The van der Waals surface area contributed by atoms with E-state index in [0.717, 1.165) is 24.0 Å². The van der Waals surface area contributed by atoms with Gasteiger partial charge in [-0.1, -0.05) is 20.8 Å². The van der Waals surface area contributed by atoms with Gasteiger partial charge in [-0.25, -0.2) is 0 Å². The number of ether oxygens (including phenoxy) is 1. The van der Waals surface area contributed by atoms with Crippen molar-refractivity contribution in [2.75, 3.05) is 19.5 Å². The van der Waals surface area contributed by atoms with Crippen LogP contribution in [0.15, 0.2) is 0 Å². The van der Waals surface area contributed by atoms with Gasteiger partial charge in [0.2, 0.25) is 0 Å². The number of hydrogen-bond donors (Lipinski definition) is 2. The number of thioether (sulfide) groups is 1. The Morgan fingerprint density at radius 3 is 2.53 bits per heavy atom. The molecule has 3 atom stereocenters. The van der Waals surface area contributed by atoms with Crippen LogP contribution >= 0.6 is 11.8 Å². The lowest BCUT2D eigenvalue weighted by Crippen LogP contribution is -2.42. The monoisotopic (exact) mass is 234 g/mol. The molecule has 0 spiro atoms. The zero-order chi connectivity index (χ0) is 11.7. The molecule has 0 rings (SSSR count). The molecule has 3 N–H and O–H groups in total. The number of hydrogen-bond acceptors (Lipinski definition) is 4. The molecule has 0 aliphatic carbocycles. The summed E-state index contributed by atoms with van der Waals surface area (Å²) in [5.74, 6) is 7.21. The molecule has 0 aromatic carbocycles. The molecule has 92 valence electrons. The van der Waals surface area contributed by atoms with E-state index in [1.54, 1.807) is 7.11 Å². The topological polar surface area (TPSA) is 47.3 Å². The van der Waals surface area contributed by atoms with Crippen LogP contribution < -0.4 is 11.3 Å². The van der Waals surface area contributed by atoms with E-state index >= 15 is 0 Å². The Bertz CT molecular complexity index is 147. The highest BCUT2D eigenvalue weighted by Gasteiger charge is 2.16. The third-order valence-electron chi connectivity index (χ3n) is 2.81. The summed E-state index contributed by atoms with van der Waals surface area (Å²) in [5, 5.41) is 0.718. The number of hydrazine groups is 1. The second-order valence-corrected chi connectivity index (χ2v) is 5.56. The number of nitrogens with two attached hydrogens (primary N) is 1. The Labute approximate surface area is 98.5 Å². The van der Waals surface area contributed by atoms with Gasteiger partial charge in [-0.05, 0) is 18.8 Å². The second kappa shape index (κ2) is 9.46. The minimum absolute atomic E-state index is 0.388. The maximum atomic E-state index is 5.57. The smallest absolute Gasteiger partial charge is 0.0465 e. The van der Waals surface area contributed by atoms with Crippen molar-refractivity contribution >= 4 is 11.8 Å². The number of rotatable bonds is 9. The molecular formula is C11H26N2OS. The molecule has 0 radical (unpaired) electrons. The van der Waals surface area contributed by atoms with Crippen molar-refractivity contribution in [3.63, 3.8) is 0 Å². The Hall–Kier alpha value is 0.230. The minimum Gasteiger partial charge on any atom is -0.385 e. The van der Waals surface area contributed by atoms with Crippen molar-refractivity contribution in [2.45, 2.75) is 44.9 Å².